The fraction of sp³-hybridized carbons (Fsp3) is 0.857. The summed E-state index contributed by atoms with van der Waals surface area (Å²) in [5.41, 5.74) is 0. The third kappa shape index (κ3) is 9.38. The predicted octanol–water partition coefficient (Wildman–Crippen LogP) is 1.67. The summed E-state index contributed by atoms with van der Waals surface area (Å²) < 4.78 is 15.8. The minimum atomic E-state index is 0.483. The Balaban J connectivity index is 2.01. The highest BCUT2D eigenvalue weighted by Gasteiger charge is 2.05. The van der Waals surface area contributed by atoms with Crippen molar-refractivity contribution in [3.63, 3.8) is 0 Å². The first-order valence-corrected chi connectivity index (χ1v) is 7.56. The molecule has 0 amide bonds. The van der Waals surface area contributed by atoms with E-state index in [1.54, 1.807) is 7.11 Å². The number of nitrogens with one attached hydrogen (secondary N) is 2. The molecule has 21 heavy (non-hydrogen) atoms. The number of nitrogens with zero attached hydrogens (tertiary/aromatic N) is 2. The van der Waals surface area contributed by atoms with Gasteiger partial charge in [-0.25, -0.2) is 0 Å². The van der Waals surface area contributed by atoms with E-state index in [9.17, 15) is 0 Å². The Kier molecular flexibility index (Phi) is 9.77. The van der Waals surface area contributed by atoms with E-state index < -0.39 is 0 Å². The smallest absolute Gasteiger partial charge is 0.315 e. The topological polar surface area (TPSA) is 81.4 Å². The van der Waals surface area contributed by atoms with Gasteiger partial charge in [0.25, 0.3) is 0 Å². The van der Waals surface area contributed by atoms with Crippen molar-refractivity contribution in [2.75, 3.05) is 45.3 Å². The van der Waals surface area contributed by atoms with Crippen LogP contribution in [0.4, 0.5) is 6.01 Å². The summed E-state index contributed by atoms with van der Waals surface area (Å²) in [6, 6.07) is 0.483. The molecule has 1 rings (SSSR count). The van der Waals surface area contributed by atoms with E-state index in [1.165, 1.54) is 0 Å². The predicted molar refractivity (Wildman–Crippen MR) is 81.3 cm³/mol. The van der Waals surface area contributed by atoms with Gasteiger partial charge in [0.15, 0.2) is 0 Å². The molecule has 0 saturated carbocycles. The first-order valence-electron chi connectivity index (χ1n) is 7.56. The standard InChI is InChI=1S/C14H28N4O3/c1-12(2)10-15-11-13-17-18-14(21-13)16-6-4-5-7-20-9-8-19-3/h12,15H,4-11H2,1-3H3,(H,16,18). The Labute approximate surface area is 126 Å². The molecule has 7 nitrogen and oxygen atoms in total. The Morgan fingerprint density at radius 3 is 2.76 bits per heavy atom. The monoisotopic (exact) mass is 300 g/mol. The third-order valence-electron chi connectivity index (χ3n) is 2.72. The summed E-state index contributed by atoms with van der Waals surface area (Å²) >= 11 is 0. The molecule has 0 bridgehead atoms. The highest BCUT2D eigenvalue weighted by molar-refractivity contribution is 5.16. The maximum atomic E-state index is 5.48. The van der Waals surface area contributed by atoms with Crippen molar-refractivity contribution in [2.24, 2.45) is 5.92 Å². The molecule has 0 saturated heterocycles. The lowest BCUT2D eigenvalue weighted by Gasteiger charge is -2.04. The molecule has 0 spiro atoms. The van der Waals surface area contributed by atoms with Crippen LogP contribution in [0.2, 0.25) is 0 Å². The van der Waals surface area contributed by atoms with Crippen LogP contribution in [-0.4, -0.2) is 50.2 Å². The quantitative estimate of drug-likeness (QED) is 0.536. The van der Waals surface area contributed by atoms with Crippen molar-refractivity contribution in [3.05, 3.63) is 5.89 Å². The Bertz CT molecular complexity index is 358. The molecule has 0 atom stereocenters. The first-order chi connectivity index (χ1) is 10.2. The molecule has 0 aromatic carbocycles. The van der Waals surface area contributed by atoms with Crippen molar-refractivity contribution in [1.82, 2.24) is 15.5 Å². The van der Waals surface area contributed by atoms with Crippen LogP contribution in [0.5, 0.6) is 0 Å². The van der Waals surface area contributed by atoms with Gasteiger partial charge in [-0.15, -0.1) is 5.10 Å². The van der Waals surface area contributed by atoms with E-state index in [0.717, 1.165) is 32.5 Å². The van der Waals surface area contributed by atoms with Gasteiger partial charge in [-0.3, -0.25) is 0 Å². The van der Waals surface area contributed by atoms with E-state index >= 15 is 0 Å². The summed E-state index contributed by atoms with van der Waals surface area (Å²) in [6.07, 6.45) is 1.99. The zero-order valence-electron chi connectivity index (χ0n) is 13.4. The van der Waals surface area contributed by atoms with E-state index in [1.807, 2.05) is 0 Å². The van der Waals surface area contributed by atoms with Crippen LogP contribution in [0, 0.1) is 5.92 Å². The SMILES string of the molecule is COCCOCCCCNc1nnc(CNCC(C)C)o1. The summed E-state index contributed by atoms with van der Waals surface area (Å²) in [4.78, 5) is 0. The third-order valence-corrected chi connectivity index (χ3v) is 2.72. The highest BCUT2D eigenvalue weighted by Crippen LogP contribution is 2.05. The zero-order chi connectivity index (χ0) is 15.3. The van der Waals surface area contributed by atoms with E-state index in [4.69, 9.17) is 13.9 Å². The molecule has 0 aliphatic heterocycles. The molecule has 2 N–H and O–H groups in total. The Morgan fingerprint density at radius 1 is 1.14 bits per heavy atom. The van der Waals surface area contributed by atoms with Crippen molar-refractivity contribution in [1.29, 1.82) is 0 Å². The number of hydrogen-bond donors (Lipinski definition) is 2. The first kappa shape index (κ1) is 17.9. The van der Waals surface area contributed by atoms with Crippen molar-refractivity contribution >= 4 is 6.01 Å². The molecule has 122 valence electrons. The second-order valence-electron chi connectivity index (χ2n) is 5.26. The minimum absolute atomic E-state index is 0.483. The van der Waals surface area contributed by atoms with E-state index in [0.29, 0.717) is 37.6 Å². The summed E-state index contributed by atoms with van der Waals surface area (Å²) in [6.45, 7) is 8.72. The molecular formula is C14H28N4O3. The molecule has 0 aliphatic rings. The number of methoxy groups -OCH3 is 1. The number of anilines is 1. The summed E-state index contributed by atoms with van der Waals surface area (Å²) in [7, 11) is 1.67. The van der Waals surface area contributed by atoms with Crippen LogP contribution in [-0.2, 0) is 16.0 Å². The molecule has 1 aromatic rings. The van der Waals surface area contributed by atoms with Crippen LogP contribution >= 0.6 is 0 Å². The van der Waals surface area contributed by atoms with Gasteiger partial charge in [0.2, 0.25) is 5.89 Å². The van der Waals surface area contributed by atoms with Crippen LogP contribution in [0.15, 0.2) is 4.42 Å². The maximum absolute atomic E-state index is 5.48. The van der Waals surface area contributed by atoms with Crippen LogP contribution in [0.1, 0.15) is 32.6 Å². The lowest BCUT2D eigenvalue weighted by atomic mass is 10.2. The highest BCUT2D eigenvalue weighted by atomic mass is 16.5. The lowest BCUT2D eigenvalue weighted by molar-refractivity contribution is 0.0691. The van der Waals surface area contributed by atoms with E-state index in [2.05, 4.69) is 34.7 Å². The minimum Gasteiger partial charge on any atom is -0.407 e. The van der Waals surface area contributed by atoms with Gasteiger partial charge in [-0.05, 0) is 25.3 Å². The fourth-order valence-corrected chi connectivity index (χ4v) is 1.63. The van der Waals surface area contributed by atoms with Crippen LogP contribution < -0.4 is 10.6 Å². The van der Waals surface area contributed by atoms with Gasteiger partial charge < -0.3 is 24.5 Å². The largest absolute Gasteiger partial charge is 0.407 e. The Hall–Kier alpha value is -1.18. The van der Waals surface area contributed by atoms with Crippen molar-refractivity contribution in [2.45, 2.75) is 33.2 Å². The second-order valence-corrected chi connectivity index (χ2v) is 5.26. The number of aromatic nitrogens is 2. The van der Waals surface area contributed by atoms with Crippen molar-refractivity contribution in [3.8, 4) is 0 Å². The van der Waals surface area contributed by atoms with Crippen molar-refractivity contribution < 1.29 is 13.9 Å². The molecule has 1 aromatic heterocycles. The second kappa shape index (κ2) is 11.5. The number of rotatable bonds is 13. The molecule has 0 unspecified atom stereocenters. The van der Waals surface area contributed by atoms with Gasteiger partial charge in [0.05, 0.1) is 19.8 Å². The average molecular weight is 300 g/mol. The molecule has 0 radical (unpaired) electrons. The average Bonchev–Trinajstić information content (AvgIpc) is 2.89. The van der Waals surface area contributed by atoms with Crippen LogP contribution in [0.25, 0.3) is 0 Å². The molecule has 0 aliphatic carbocycles. The van der Waals surface area contributed by atoms with E-state index in [-0.39, 0.29) is 0 Å². The van der Waals surface area contributed by atoms with Gasteiger partial charge in [-0.1, -0.05) is 18.9 Å². The summed E-state index contributed by atoms with van der Waals surface area (Å²) in [5, 5.41) is 14.3. The molecular weight excluding hydrogens is 272 g/mol. The molecule has 7 heteroatoms. The van der Waals surface area contributed by atoms with Gasteiger partial charge in [-0.2, -0.15) is 0 Å². The number of hydrogen-bond acceptors (Lipinski definition) is 7. The lowest BCUT2D eigenvalue weighted by Crippen LogP contribution is -2.19. The fourth-order valence-electron chi connectivity index (χ4n) is 1.63. The Morgan fingerprint density at radius 2 is 2.00 bits per heavy atom. The number of ether oxygens (including phenoxy) is 2. The zero-order valence-corrected chi connectivity index (χ0v) is 13.4. The summed E-state index contributed by atoms with van der Waals surface area (Å²) in [5.74, 6) is 1.22. The van der Waals surface area contributed by atoms with Gasteiger partial charge >= 0.3 is 6.01 Å². The maximum Gasteiger partial charge on any atom is 0.315 e. The molecule has 1 heterocycles. The van der Waals surface area contributed by atoms with Gasteiger partial charge in [0.1, 0.15) is 0 Å². The van der Waals surface area contributed by atoms with Crippen LogP contribution in [0.3, 0.4) is 0 Å². The van der Waals surface area contributed by atoms with Gasteiger partial charge in [0, 0.05) is 20.3 Å². The molecule has 0 fully saturated rings. The normalized spacial score (nSPS) is 11.2. The number of unbranched alkanes of at least 4 members (excludes halogenated alkanes) is 1.